The van der Waals surface area contributed by atoms with Crippen molar-refractivity contribution in [1.29, 1.82) is 0 Å². The molecular formula is C10H19NO2. The van der Waals surface area contributed by atoms with Crippen LogP contribution in [0.2, 0.25) is 0 Å². The molecule has 0 rings (SSSR count). The summed E-state index contributed by atoms with van der Waals surface area (Å²) in [6.45, 7) is 13.4. The predicted octanol–water partition coefficient (Wildman–Crippen LogP) is 2.15. The van der Waals surface area contributed by atoms with Gasteiger partial charge < -0.3 is 9.47 Å². The standard InChI is InChI=1S/C10H19NO2/c1-6-8(3)13-10(5,11)9(4)12-7-2/h3-4,6-7,11H2,1-2,5H3. The minimum Gasteiger partial charge on any atom is -0.493 e. The van der Waals surface area contributed by atoms with Crippen LogP contribution in [0.25, 0.3) is 0 Å². The number of ether oxygens (including phenoxy) is 2. The minimum atomic E-state index is -0.983. The van der Waals surface area contributed by atoms with Crippen LogP contribution >= 0.6 is 0 Å². The lowest BCUT2D eigenvalue weighted by Gasteiger charge is -2.28. The van der Waals surface area contributed by atoms with Crippen LogP contribution in [-0.2, 0) is 9.47 Å². The molecule has 0 saturated carbocycles. The smallest absolute Gasteiger partial charge is 0.212 e. The largest absolute Gasteiger partial charge is 0.493 e. The fraction of sp³-hybridized carbons (Fsp3) is 0.600. The first kappa shape index (κ1) is 12.0. The molecule has 0 bridgehead atoms. The van der Waals surface area contributed by atoms with Crippen molar-refractivity contribution in [3.8, 4) is 0 Å². The maximum absolute atomic E-state index is 5.82. The highest BCUT2D eigenvalue weighted by Crippen LogP contribution is 2.18. The minimum absolute atomic E-state index is 0.421. The first-order valence-corrected chi connectivity index (χ1v) is 4.41. The van der Waals surface area contributed by atoms with E-state index in [0.29, 0.717) is 18.1 Å². The summed E-state index contributed by atoms with van der Waals surface area (Å²) in [7, 11) is 0. The predicted molar refractivity (Wildman–Crippen MR) is 53.9 cm³/mol. The van der Waals surface area contributed by atoms with Crippen LogP contribution in [0.4, 0.5) is 0 Å². The summed E-state index contributed by atoms with van der Waals surface area (Å²) in [5.74, 6) is 1.05. The summed E-state index contributed by atoms with van der Waals surface area (Å²) in [5.41, 5.74) is 4.83. The molecule has 3 heteroatoms. The van der Waals surface area contributed by atoms with Gasteiger partial charge in [0.05, 0.1) is 12.4 Å². The van der Waals surface area contributed by atoms with Gasteiger partial charge in [0.25, 0.3) is 0 Å². The highest BCUT2D eigenvalue weighted by atomic mass is 16.6. The van der Waals surface area contributed by atoms with Crippen molar-refractivity contribution < 1.29 is 9.47 Å². The molecule has 13 heavy (non-hydrogen) atoms. The third-order valence-electron chi connectivity index (χ3n) is 1.62. The van der Waals surface area contributed by atoms with Gasteiger partial charge in [-0.2, -0.15) is 0 Å². The number of hydrogen-bond donors (Lipinski definition) is 1. The molecule has 0 heterocycles. The Bertz CT molecular complexity index is 197. The van der Waals surface area contributed by atoms with Crippen molar-refractivity contribution in [3.63, 3.8) is 0 Å². The summed E-state index contributed by atoms with van der Waals surface area (Å²) in [4.78, 5) is 0. The van der Waals surface area contributed by atoms with Crippen LogP contribution in [0, 0.1) is 0 Å². The van der Waals surface area contributed by atoms with E-state index < -0.39 is 5.72 Å². The molecule has 0 aromatic heterocycles. The van der Waals surface area contributed by atoms with Crippen LogP contribution < -0.4 is 5.73 Å². The van der Waals surface area contributed by atoms with Gasteiger partial charge in [0.1, 0.15) is 5.76 Å². The van der Waals surface area contributed by atoms with E-state index >= 15 is 0 Å². The monoisotopic (exact) mass is 185 g/mol. The SMILES string of the molecule is C=C(CC)OC(C)(N)C(=C)OCC. The maximum Gasteiger partial charge on any atom is 0.212 e. The van der Waals surface area contributed by atoms with Crippen molar-refractivity contribution in [1.82, 2.24) is 0 Å². The second kappa shape index (κ2) is 4.92. The van der Waals surface area contributed by atoms with E-state index in [9.17, 15) is 0 Å². The Morgan fingerprint density at radius 3 is 2.31 bits per heavy atom. The topological polar surface area (TPSA) is 44.5 Å². The molecule has 1 atom stereocenters. The van der Waals surface area contributed by atoms with Gasteiger partial charge in [0.15, 0.2) is 0 Å². The molecular weight excluding hydrogens is 166 g/mol. The number of rotatable bonds is 6. The Morgan fingerprint density at radius 2 is 1.92 bits per heavy atom. The van der Waals surface area contributed by atoms with Crippen molar-refractivity contribution in [2.45, 2.75) is 32.9 Å². The number of allylic oxidation sites excluding steroid dienone is 1. The van der Waals surface area contributed by atoms with Crippen LogP contribution in [-0.4, -0.2) is 12.3 Å². The Kier molecular flexibility index (Phi) is 4.56. The Balaban J connectivity index is 4.21. The summed E-state index contributed by atoms with van der Waals surface area (Å²) in [5, 5.41) is 0. The lowest BCUT2D eigenvalue weighted by molar-refractivity contribution is 0.000700. The fourth-order valence-electron chi connectivity index (χ4n) is 0.746. The highest BCUT2D eigenvalue weighted by Gasteiger charge is 2.26. The van der Waals surface area contributed by atoms with Gasteiger partial charge in [0.2, 0.25) is 5.72 Å². The van der Waals surface area contributed by atoms with Crippen LogP contribution in [0.3, 0.4) is 0 Å². The molecule has 0 saturated heterocycles. The fourth-order valence-corrected chi connectivity index (χ4v) is 0.746. The number of nitrogens with two attached hydrogens (primary N) is 1. The zero-order valence-corrected chi connectivity index (χ0v) is 8.72. The van der Waals surface area contributed by atoms with Gasteiger partial charge in [-0.3, -0.25) is 5.73 Å². The van der Waals surface area contributed by atoms with Crippen molar-refractivity contribution in [2.75, 3.05) is 6.61 Å². The maximum atomic E-state index is 5.82. The highest BCUT2D eigenvalue weighted by molar-refractivity contribution is 5.03. The van der Waals surface area contributed by atoms with Gasteiger partial charge in [-0.05, 0) is 13.8 Å². The van der Waals surface area contributed by atoms with E-state index in [1.807, 2.05) is 13.8 Å². The molecule has 0 aliphatic rings. The van der Waals surface area contributed by atoms with E-state index in [2.05, 4.69) is 13.2 Å². The van der Waals surface area contributed by atoms with Gasteiger partial charge >= 0.3 is 0 Å². The van der Waals surface area contributed by atoms with E-state index in [1.54, 1.807) is 6.92 Å². The Morgan fingerprint density at radius 1 is 1.38 bits per heavy atom. The first-order chi connectivity index (χ1) is 5.94. The average Bonchev–Trinajstić information content (AvgIpc) is 2.04. The van der Waals surface area contributed by atoms with Crippen LogP contribution in [0.15, 0.2) is 24.7 Å². The summed E-state index contributed by atoms with van der Waals surface area (Å²) >= 11 is 0. The molecule has 0 radical (unpaired) electrons. The Labute approximate surface area is 80.2 Å². The van der Waals surface area contributed by atoms with E-state index in [-0.39, 0.29) is 0 Å². The van der Waals surface area contributed by atoms with Gasteiger partial charge in [-0.15, -0.1) is 0 Å². The molecule has 0 aliphatic carbocycles. The van der Waals surface area contributed by atoms with Crippen molar-refractivity contribution in [3.05, 3.63) is 24.7 Å². The number of hydrogen-bond acceptors (Lipinski definition) is 3. The molecule has 0 spiro atoms. The van der Waals surface area contributed by atoms with Gasteiger partial charge in [-0.25, -0.2) is 0 Å². The summed E-state index contributed by atoms with van der Waals surface area (Å²) < 4.78 is 10.5. The molecule has 0 fully saturated rings. The molecule has 76 valence electrons. The third-order valence-corrected chi connectivity index (χ3v) is 1.62. The van der Waals surface area contributed by atoms with Gasteiger partial charge in [-0.1, -0.05) is 20.1 Å². The summed E-state index contributed by atoms with van der Waals surface area (Å²) in [6.07, 6.45) is 0.728. The van der Waals surface area contributed by atoms with E-state index in [4.69, 9.17) is 15.2 Å². The van der Waals surface area contributed by atoms with E-state index in [0.717, 1.165) is 6.42 Å². The second-order valence-corrected chi connectivity index (χ2v) is 2.96. The molecule has 0 aliphatic heterocycles. The zero-order chi connectivity index (χ0) is 10.5. The van der Waals surface area contributed by atoms with Gasteiger partial charge in [0, 0.05) is 6.42 Å². The third kappa shape index (κ3) is 3.99. The average molecular weight is 185 g/mol. The molecule has 0 aromatic rings. The molecule has 3 nitrogen and oxygen atoms in total. The molecule has 0 amide bonds. The molecule has 2 N–H and O–H groups in total. The first-order valence-electron chi connectivity index (χ1n) is 4.41. The molecule has 0 aromatic carbocycles. The van der Waals surface area contributed by atoms with Crippen molar-refractivity contribution in [2.24, 2.45) is 5.73 Å². The second-order valence-electron chi connectivity index (χ2n) is 2.96. The lowest BCUT2D eigenvalue weighted by atomic mass is 10.2. The lowest BCUT2D eigenvalue weighted by Crippen LogP contribution is -2.41. The zero-order valence-electron chi connectivity index (χ0n) is 8.72. The van der Waals surface area contributed by atoms with Crippen LogP contribution in [0.1, 0.15) is 27.2 Å². The Hall–Kier alpha value is -0.960. The quantitative estimate of drug-likeness (QED) is 0.509. The summed E-state index contributed by atoms with van der Waals surface area (Å²) in [6, 6.07) is 0. The van der Waals surface area contributed by atoms with Crippen LogP contribution in [0.5, 0.6) is 0 Å². The molecule has 1 unspecified atom stereocenters. The van der Waals surface area contributed by atoms with Crippen molar-refractivity contribution >= 4 is 0 Å². The van der Waals surface area contributed by atoms with E-state index in [1.165, 1.54) is 0 Å². The normalized spacial score (nSPS) is 14.5.